The lowest BCUT2D eigenvalue weighted by atomic mass is 10.0. The van der Waals surface area contributed by atoms with Gasteiger partial charge >= 0.3 is 0 Å². The number of anilines is 1. The van der Waals surface area contributed by atoms with Crippen molar-refractivity contribution in [3.05, 3.63) is 76.0 Å². The molecule has 164 valence electrons. The van der Waals surface area contributed by atoms with E-state index in [-0.39, 0.29) is 11.0 Å². The van der Waals surface area contributed by atoms with Crippen LogP contribution >= 0.6 is 39.5 Å². The predicted molar refractivity (Wildman–Crippen MR) is 139 cm³/mol. The van der Waals surface area contributed by atoms with Crippen LogP contribution in [0.1, 0.15) is 21.7 Å². The van der Waals surface area contributed by atoms with Crippen LogP contribution in [0.25, 0.3) is 26.3 Å². The zero-order chi connectivity index (χ0) is 23.1. The monoisotopic (exact) mass is 536 g/mol. The van der Waals surface area contributed by atoms with E-state index in [4.69, 9.17) is 12.2 Å². The Bertz CT molecular complexity index is 1560. The van der Waals surface area contributed by atoms with Crippen LogP contribution in [0.2, 0.25) is 0 Å². The Hall–Kier alpha value is -3.21. The van der Waals surface area contributed by atoms with E-state index in [1.54, 1.807) is 10.6 Å². The summed E-state index contributed by atoms with van der Waals surface area (Å²) in [4.78, 5) is 13.7. The molecule has 0 aliphatic rings. The van der Waals surface area contributed by atoms with E-state index in [9.17, 15) is 4.79 Å². The van der Waals surface area contributed by atoms with Crippen LogP contribution in [-0.4, -0.2) is 30.8 Å². The van der Waals surface area contributed by atoms with Gasteiger partial charge in [-0.05, 0) is 72.7 Å². The molecule has 2 heterocycles. The second kappa shape index (κ2) is 8.62. The maximum Gasteiger partial charge on any atom is 0.258 e. The lowest BCUT2D eigenvalue weighted by Crippen LogP contribution is -2.34. The van der Waals surface area contributed by atoms with Crippen molar-refractivity contribution in [1.29, 1.82) is 0 Å². The second-order valence-corrected chi connectivity index (χ2v) is 9.65. The molecular formula is C23H17BrN6OS2. The van der Waals surface area contributed by atoms with Gasteiger partial charge in [-0.1, -0.05) is 51.5 Å². The van der Waals surface area contributed by atoms with Gasteiger partial charge in [-0.25, -0.2) is 0 Å². The average molecular weight is 537 g/mol. The Balaban J connectivity index is 1.33. The number of aromatic nitrogens is 4. The molecule has 3 aromatic carbocycles. The molecule has 0 atom stereocenters. The second-order valence-electron chi connectivity index (χ2n) is 7.43. The lowest BCUT2D eigenvalue weighted by molar-refractivity contribution is 0.0979. The summed E-state index contributed by atoms with van der Waals surface area (Å²) in [5, 5.41) is 21.5. The summed E-state index contributed by atoms with van der Waals surface area (Å²) >= 11 is 10.4. The minimum Gasteiger partial charge on any atom is -0.332 e. The molecule has 2 aromatic heterocycles. The van der Waals surface area contributed by atoms with E-state index in [0.29, 0.717) is 5.56 Å². The van der Waals surface area contributed by atoms with Crippen molar-refractivity contribution in [3.8, 4) is 10.6 Å². The van der Waals surface area contributed by atoms with Gasteiger partial charge in [0.15, 0.2) is 10.9 Å². The quantitative estimate of drug-likeness (QED) is 0.295. The number of thiocarbonyl (C=S) groups is 1. The number of nitrogens with one attached hydrogen (secondary N) is 2. The standard InChI is InChI=1S/C23H17BrN6OS2/c1-12-11-14(21-29-30-13(2)27-28-23(30)33-21)9-10-19(12)25-22(32)26-20(31)17-7-3-6-16-15(17)5-4-8-18(16)24/h3-11H,1-2H3,(H2,25,26,31,32). The van der Waals surface area contributed by atoms with Gasteiger partial charge in [0.1, 0.15) is 5.01 Å². The number of carbonyl (C=O) groups excluding carboxylic acids is 1. The summed E-state index contributed by atoms with van der Waals surface area (Å²) in [5.74, 6) is 0.489. The van der Waals surface area contributed by atoms with Crippen molar-refractivity contribution >= 4 is 71.9 Å². The van der Waals surface area contributed by atoms with Crippen molar-refractivity contribution in [2.75, 3.05) is 5.32 Å². The zero-order valence-corrected chi connectivity index (χ0v) is 20.8. The fourth-order valence-electron chi connectivity index (χ4n) is 3.56. The number of rotatable bonds is 3. The molecule has 0 fully saturated rings. The molecule has 0 aliphatic carbocycles. The molecule has 0 radical (unpaired) electrons. The van der Waals surface area contributed by atoms with Crippen LogP contribution in [0.4, 0.5) is 5.69 Å². The van der Waals surface area contributed by atoms with Gasteiger partial charge in [-0.3, -0.25) is 10.1 Å². The van der Waals surface area contributed by atoms with Gasteiger partial charge in [0.05, 0.1) is 0 Å². The van der Waals surface area contributed by atoms with Crippen molar-refractivity contribution in [2.45, 2.75) is 13.8 Å². The lowest BCUT2D eigenvalue weighted by Gasteiger charge is -2.13. The Labute approximate surface area is 207 Å². The molecule has 33 heavy (non-hydrogen) atoms. The average Bonchev–Trinajstić information content (AvgIpc) is 3.37. The molecule has 1 amide bonds. The van der Waals surface area contributed by atoms with Gasteiger partial charge in [-0.15, -0.1) is 10.2 Å². The van der Waals surface area contributed by atoms with E-state index < -0.39 is 0 Å². The highest BCUT2D eigenvalue weighted by atomic mass is 79.9. The summed E-state index contributed by atoms with van der Waals surface area (Å²) < 4.78 is 2.67. The SMILES string of the molecule is Cc1cc(-c2nn3c(C)nnc3s2)ccc1NC(=S)NC(=O)c1cccc2c(Br)cccc12. The van der Waals surface area contributed by atoms with Crippen molar-refractivity contribution in [1.82, 2.24) is 25.1 Å². The van der Waals surface area contributed by atoms with E-state index in [0.717, 1.165) is 47.9 Å². The highest BCUT2D eigenvalue weighted by Crippen LogP contribution is 2.29. The highest BCUT2D eigenvalue weighted by molar-refractivity contribution is 9.10. The summed E-state index contributed by atoms with van der Waals surface area (Å²) in [6, 6.07) is 17.3. The normalized spacial score (nSPS) is 11.1. The van der Waals surface area contributed by atoms with Crippen LogP contribution < -0.4 is 10.6 Å². The molecule has 2 N–H and O–H groups in total. The molecule has 0 saturated carbocycles. The number of fused-ring (bicyclic) bond motifs is 2. The molecule has 0 aliphatic heterocycles. The maximum absolute atomic E-state index is 12.9. The molecule has 7 nitrogen and oxygen atoms in total. The summed E-state index contributed by atoms with van der Waals surface area (Å²) in [6.07, 6.45) is 0. The van der Waals surface area contributed by atoms with Gasteiger partial charge < -0.3 is 5.32 Å². The van der Waals surface area contributed by atoms with Crippen LogP contribution in [0.15, 0.2) is 59.1 Å². The third-order valence-corrected chi connectivity index (χ3v) is 7.05. The van der Waals surface area contributed by atoms with E-state index in [2.05, 4.69) is 41.9 Å². The first-order valence-electron chi connectivity index (χ1n) is 10.00. The summed E-state index contributed by atoms with van der Waals surface area (Å²) in [5.41, 5.74) is 3.32. The smallest absolute Gasteiger partial charge is 0.258 e. The number of carbonyl (C=O) groups is 1. The molecule has 10 heteroatoms. The van der Waals surface area contributed by atoms with Gasteiger partial charge in [0.2, 0.25) is 4.96 Å². The highest BCUT2D eigenvalue weighted by Gasteiger charge is 2.14. The minimum atomic E-state index is -0.263. The van der Waals surface area contributed by atoms with Crippen molar-refractivity contribution in [2.24, 2.45) is 0 Å². The first-order chi connectivity index (χ1) is 15.9. The molecule has 0 spiro atoms. The predicted octanol–water partition coefficient (Wildman–Crippen LogP) is 5.51. The first kappa shape index (κ1) is 21.6. The third-order valence-electron chi connectivity index (χ3n) is 5.21. The minimum absolute atomic E-state index is 0.234. The molecule has 5 rings (SSSR count). The van der Waals surface area contributed by atoms with E-state index in [1.165, 1.54) is 11.3 Å². The number of hydrogen-bond donors (Lipinski definition) is 2. The maximum atomic E-state index is 12.9. The number of amides is 1. The molecular weight excluding hydrogens is 520 g/mol. The topological polar surface area (TPSA) is 84.2 Å². The van der Waals surface area contributed by atoms with Crippen LogP contribution in [0.5, 0.6) is 0 Å². The molecule has 0 bridgehead atoms. The number of benzene rings is 3. The van der Waals surface area contributed by atoms with Crippen molar-refractivity contribution in [3.63, 3.8) is 0 Å². The fraction of sp³-hybridized carbons (Fsp3) is 0.0870. The van der Waals surface area contributed by atoms with Crippen molar-refractivity contribution < 1.29 is 4.79 Å². The summed E-state index contributed by atoms with van der Waals surface area (Å²) in [7, 11) is 0. The first-order valence-corrected chi connectivity index (χ1v) is 12.0. The van der Waals surface area contributed by atoms with Gasteiger partial charge in [0, 0.05) is 21.3 Å². The Morgan fingerprint density at radius 2 is 1.85 bits per heavy atom. The number of aryl methyl sites for hydroxylation is 2. The Morgan fingerprint density at radius 1 is 1.06 bits per heavy atom. The third kappa shape index (κ3) is 4.12. The van der Waals surface area contributed by atoms with Gasteiger partial charge in [-0.2, -0.15) is 9.61 Å². The number of hydrogen-bond acceptors (Lipinski definition) is 6. The molecule has 0 unspecified atom stereocenters. The Morgan fingerprint density at radius 3 is 2.64 bits per heavy atom. The molecule has 5 aromatic rings. The number of halogens is 1. The van der Waals surface area contributed by atoms with E-state index in [1.807, 2.05) is 62.4 Å². The van der Waals surface area contributed by atoms with Crippen LogP contribution in [-0.2, 0) is 0 Å². The summed E-state index contributed by atoms with van der Waals surface area (Å²) in [6.45, 7) is 3.85. The van der Waals surface area contributed by atoms with E-state index >= 15 is 0 Å². The van der Waals surface area contributed by atoms with Gasteiger partial charge in [0.25, 0.3) is 5.91 Å². The fourth-order valence-corrected chi connectivity index (χ4v) is 5.14. The van der Waals surface area contributed by atoms with Crippen LogP contribution in [0, 0.1) is 13.8 Å². The molecule has 0 saturated heterocycles. The largest absolute Gasteiger partial charge is 0.332 e. The van der Waals surface area contributed by atoms with Crippen LogP contribution in [0.3, 0.4) is 0 Å². The zero-order valence-electron chi connectivity index (χ0n) is 17.6. The Kier molecular flexibility index (Phi) is 5.65. The number of nitrogens with zero attached hydrogens (tertiary/aromatic N) is 4.